The summed E-state index contributed by atoms with van der Waals surface area (Å²) in [6, 6.07) is 23.1. The summed E-state index contributed by atoms with van der Waals surface area (Å²) in [7, 11) is 0. The molecule has 0 amide bonds. The summed E-state index contributed by atoms with van der Waals surface area (Å²) >= 11 is 3.69. The number of thiophene rings is 2. The molecule has 0 aliphatic heterocycles. The van der Waals surface area contributed by atoms with Crippen LogP contribution in [0.4, 0.5) is 0 Å². The predicted octanol–water partition coefficient (Wildman–Crippen LogP) is 10.7. The molecule has 0 radical (unpaired) electrons. The third-order valence-corrected chi connectivity index (χ3v) is 9.97. The van der Waals surface area contributed by atoms with E-state index in [-0.39, 0.29) is 0 Å². The Morgan fingerprint density at radius 1 is 0.684 bits per heavy atom. The van der Waals surface area contributed by atoms with Crippen molar-refractivity contribution in [2.75, 3.05) is 0 Å². The van der Waals surface area contributed by atoms with Crippen LogP contribution in [0, 0.1) is 0 Å². The summed E-state index contributed by atoms with van der Waals surface area (Å²) in [5, 5.41) is 9.96. The number of H-pyrrole nitrogens is 2. The zero-order valence-corrected chi connectivity index (χ0v) is 23.4. The maximum atomic E-state index is 4.98. The van der Waals surface area contributed by atoms with E-state index < -0.39 is 0 Å². The molecule has 38 heavy (non-hydrogen) atoms. The van der Waals surface area contributed by atoms with Crippen molar-refractivity contribution in [2.45, 2.75) is 39.5 Å². The molecule has 0 saturated carbocycles. The van der Waals surface area contributed by atoms with Gasteiger partial charge in [0.05, 0.1) is 11.0 Å². The standard InChI is InChI=1S/C33H27N3S2/c1-16(2)26-13-20-12-24-21-7-5-19(14-28(21)38-29(24)15-27(20)34-26)18-6-8-22-25(11-18)32-23(9-10-37-32)31-30(22)35-33(36-31)17(3)4/h5-17,34H,1-4H3,(H,35,36). The summed E-state index contributed by atoms with van der Waals surface area (Å²) in [5.74, 6) is 1.92. The van der Waals surface area contributed by atoms with Gasteiger partial charge >= 0.3 is 0 Å². The SMILES string of the molecule is CC(C)c1cc2cc3c(cc2[nH]1)sc1cc(-c2ccc4c(c2)c2sccc2c2nc(C(C)C)[nH]c42)ccc13. The van der Waals surface area contributed by atoms with Gasteiger partial charge in [-0.25, -0.2) is 4.98 Å². The van der Waals surface area contributed by atoms with Gasteiger partial charge in [0.1, 0.15) is 5.82 Å². The van der Waals surface area contributed by atoms with Crippen LogP contribution in [-0.4, -0.2) is 15.0 Å². The Labute approximate surface area is 228 Å². The number of rotatable bonds is 3. The molecule has 0 spiro atoms. The van der Waals surface area contributed by atoms with E-state index in [9.17, 15) is 0 Å². The highest BCUT2D eigenvalue weighted by Crippen LogP contribution is 2.42. The zero-order chi connectivity index (χ0) is 25.7. The average Bonchev–Trinajstić information content (AvgIpc) is 3.69. The van der Waals surface area contributed by atoms with Crippen molar-refractivity contribution in [2.24, 2.45) is 0 Å². The van der Waals surface area contributed by atoms with Crippen molar-refractivity contribution in [1.82, 2.24) is 15.0 Å². The van der Waals surface area contributed by atoms with Crippen molar-refractivity contribution in [3.63, 3.8) is 0 Å². The number of hydrogen-bond acceptors (Lipinski definition) is 3. The zero-order valence-electron chi connectivity index (χ0n) is 21.8. The van der Waals surface area contributed by atoms with Crippen molar-refractivity contribution >= 4 is 85.6 Å². The third kappa shape index (κ3) is 3.15. The maximum Gasteiger partial charge on any atom is 0.109 e. The quantitative estimate of drug-likeness (QED) is 0.235. The lowest BCUT2D eigenvalue weighted by molar-refractivity contribution is 0.799. The molecule has 0 unspecified atom stereocenters. The monoisotopic (exact) mass is 529 g/mol. The minimum Gasteiger partial charge on any atom is -0.358 e. The van der Waals surface area contributed by atoms with Gasteiger partial charge in [-0.15, -0.1) is 22.7 Å². The molecular weight excluding hydrogens is 503 g/mol. The Hall–Kier alpha value is -3.67. The Bertz CT molecular complexity index is 2200. The van der Waals surface area contributed by atoms with Crippen LogP contribution < -0.4 is 0 Å². The molecule has 0 bridgehead atoms. The van der Waals surface area contributed by atoms with Gasteiger partial charge in [-0.05, 0) is 58.8 Å². The van der Waals surface area contributed by atoms with Gasteiger partial charge in [0.25, 0.3) is 0 Å². The van der Waals surface area contributed by atoms with E-state index in [1.54, 1.807) is 0 Å². The molecule has 0 saturated heterocycles. The molecule has 4 aromatic carbocycles. The van der Waals surface area contributed by atoms with Gasteiger partial charge in [-0.1, -0.05) is 52.0 Å². The van der Waals surface area contributed by atoms with Crippen LogP contribution >= 0.6 is 22.7 Å². The largest absolute Gasteiger partial charge is 0.358 e. The van der Waals surface area contributed by atoms with Gasteiger partial charge in [0.2, 0.25) is 0 Å². The molecule has 8 rings (SSSR count). The Balaban J connectivity index is 1.30. The highest BCUT2D eigenvalue weighted by Gasteiger charge is 2.17. The molecular formula is C33H27N3S2. The number of benzene rings is 4. The lowest BCUT2D eigenvalue weighted by atomic mass is 9.98. The Morgan fingerprint density at radius 2 is 1.47 bits per heavy atom. The summed E-state index contributed by atoms with van der Waals surface area (Å²) in [6.45, 7) is 8.86. The van der Waals surface area contributed by atoms with E-state index in [0.717, 1.165) is 16.9 Å². The lowest BCUT2D eigenvalue weighted by Gasteiger charge is -2.07. The molecule has 0 atom stereocenters. The van der Waals surface area contributed by atoms with Gasteiger partial charge in [-0.3, -0.25) is 0 Å². The Kier molecular flexibility index (Phi) is 4.65. The Morgan fingerprint density at radius 3 is 2.29 bits per heavy atom. The summed E-state index contributed by atoms with van der Waals surface area (Å²) in [5.41, 5.74) is 7.28. The van der Waals surface area contributed by atoms with E-state index >= 15 is 0 Å². The minimum absolute atomic E-state index is 0.365. The van der Waals surface area contributed by atoms with Gasteiger partial charge < -0.3 is 9.97 Å². The van der Waals surface area contributed by atoms with Crippen LogP contribution in [-0.2, 0) is 0 Å². The highest BCUT2D eigenvalue weighted by molar-refractivity contribution is 7.26. The van der Waals surface area contributed by atoms with Crippen molar-refractivity contribution < 1.29 is 0 Å². The topological polar surface area (TPSA) is 44.5 Å². The molecule has 2 N–H and O–H groups in total. The van der Waals surface area contributed by atoms with Crippen LogP contribution in [0.5, 0.6) is 0 Å². The third-order valence-electron chi connectivity index (χ3n) is 7.91. The highest BCUT2D eigenvalue weighted by atomic mass is 32.1. The average molecular weight is 530 g/mol. The fourth-order valence-corrected chi connectivity index (χ4v) is 7.90. The summed E-state index contributed by atoms with van der Waals surface area (Å²) < 4.78 is 3.99. The number of nitrogens with zero attached hydrogens (tertiary/aromatic N) is 1. The second-order valence-corrected chi connectivity index (χ2v) is 13.1. The number of aromatic nitrogens is 3. The van der Waals surface area contributed by atoms with Crippen LogP contribution in [0.3, 0.4) is 0 Å². The van der Waals surface area contributed by atoms with Gasteiger partial charge in [0.15, 0.2) is 0 Å². The first-order valence-electron chi connectivity index (χ1n) is 13.3. The minimum atomic E-state index is 0.365. The van der Waals surface area contributed by atoms with E-state index in [2.05, 4.69) is 104 Å². The number of nitrogens with one attached hydrogen (secondary N) is 2. The van der Waals surface area contributed by atoms with Crippen LogP contribution in [0.2, 0.25) is 0 Å². The predicted molar refractivity (Wildman–Crippen MR) is 167 cm³/mol. The lowest BCUT2D eigenvalue weighted by Crippen LogP contribution is -1.88. The maximum absolute atomic E-state index is 4.98. The molecule has 5 heteroatoms. The molecule has 186 valence electrons. The van der Waals surface area contributed by atoms with Gasteiger partial charge in [-0.2, -0.15) is 0 Å². The molecule has 0 aliphatic rings. The number of hydrogen-bond donors (Lipinski definition) is 2. The van der Waals surface area contributed by atoms with E-state index in [1.165, 1.54) is 68.8 Å². The fourth-order valence-electron chi connectivity index (χ4n) is 5.81. The summed E-state index contributed by atoms with van der Waals surface area (Å²) in [4.78, 5) is 12.2. The normalized spacial score (nSPS) is 12.7. The van der Waals surface area contributed by atoms with Crippen molar-refractivity contribution in [1.29, 1.82) is 0 Å². The molecule has 4 aromatic heterocycles. The second kappa shape index (κ2) is 7.92. The molecule has 3 nitrogen and oxygen atoms in total. The van der Waals surface area contributed by atoms with Crippen LogP contribution in [0.25, 0.3) is 74.1 Å². The van der Waals surface area contributed by atoms with Crippen LogP contribution in [0.15, 0.2) is 66.0 Å². The number of aromatic amines is 2. The van der Waals surface area contributed by atoms with E-state index in [4.69, 9.17) is 4.98 Å². The first-order chi connectivity index (χ1) is 18.4. The first-order valence-corrected chi connectivity index (χ1v) is 15.0. The second-order valence-electron chi connectivity index (χ2n) is 11.1. The first kappa shape index (κ1) is 22.3. The number of imidazole rings is 1. The molecule has 0 aliphatic carbocycles. The molecule has 4 heterocycles. The molecule has 0 fully saturated rings. The van der Waals surface area contributed by atoms with Crippen LogP contribution in [0.1, 0.15) is 51.0 Å². The van der Waals surface area contributed by atoms with Gasteiger partial charge in [0, 0.05) is 63.5 Å². The van der Waals surface area contributed by atoms with Crippen molar-refractivity contribution in [3.8, 4) is 11.1 Å². The van der Waals surface area contributed by atoms with E-state index in [1.807, 2.05) is 22.7 Å². The summed E-state index contributed by atoms with van der Waals surface area (Å²) in [6.07, 6.45) is 0. The van der Waals surface area contributed by atoms with E-state index in [0.29, 0.717) is 11.8 Å². The van der Waals surface area contributed by atoms with Crippen molar-refractivity contribution in [3.05, 3.63) is 77.6 Å². The molecule has 8 aromatic rings. The number of fused-ring (bicyclic) bond motifs is 10. The fraction of sp³-hybridized carbons (Fsp3) is 0.182. The smallest absolute Gasteiger partial charge is 0.109 e.